The first-order chi connectivity index (χ1) is 4.26. The van der Waals surface area contributed by atoms with Crippen LogP contribution in [0.1, 0.15) is 6.92 Å². The van der Waals surface area contributed by atoms with Gasteiger partial charge in [-0.05, 0) is 6.92 Å². The molecular formula is C4H7ClN2O2. The van der Waals surface area contributed by atoms with Crippen LogP contribution in [0.4, 0.5) is 0 Å². The Balaban J connectivity index is 4.14. The van der Waals surface area contributed by atoms with Crippen molar-refractivity contribution in [3.05, 3.63) is 0 Å². The van der Waals surface area contributed by atoms with E-state index in [0.29, 0.717) is 0 Å². The van der Waals surface area contributed by atoms with Crippen molar-refractivity contribution in [1.29, 1.82) is 0 Å². The molecule has 0 aromatic heterocycles. The Morgan fingerprint density at radius 3 is 2.11 bits per heavy atom. The van der Waals surface area contributed by atoms with Crippen molar-refractivity contribution in [3.8, 4) is 0 Å². The highest BCUT2D eigenvalue weighted by atomic mass is 35.5. The van der Waals surface area contributed by atoms with Crippen LogP contribution in [0.5, 0.6) is 0 Å². The molecule has 9 heavy (non-hydrogen) atoms. The molecule has 4 nitrogen and oxygen atoms in total. The lowest BCUT2D eigenvalue weighted by atomic mass is 10.3. The largest absolute Gasteiger partial charge is 0.411 e. The summed E-state index contributed by atoms with van der Waals surface area (Å²) in [4.78, 5) is 0. The molecule has 0 unspecified atom stereocenters. The summed E-state index contributed by atoms with van der Waals surface area (Å²) in [5.41, 5.74) is 0.381. The molecule has 0 saturated heterocycles. The summed E-state index contributed by atoms with van der Waals surface area (Å²) < 4.78 is 0. The van der Waals surface area contributed by atoms with E-state index in [2.05, 4.69) is 10.3 Å². The molecule has 0 atom stereocenters. The molecule has 0 aliphatic heterocycles. The molecular weight excluding hydrogens is 144 g/mol. The second kappa shape index (κ2) is 4.14. The Morgan fingerprint density at radius 2 is 2.00 bits per heavy atom. The molecule has 0 amide bonds. The van der Waals surface area contributed by atoms with Crippen LogP contribution >= 0.6 is 11.6 Å². The van der Waals surface area contributed by atoms with Crippen LogP contribution in [-0.2, 0) is 0 Å². The van der Waals surface area contributed by atoms with E-state index in [1.165, 1.54) is 6.92 Å². The van der Waals surface area contributed by atoms with E-state index in [1.54, 1.807) is 0 Å². The third-order valence-corrected chi connectivity index (χ3v) is 1.07. The molecule has 0 aliphatic carbocycles. The maximum Gasteiger partial charge on any atom is 0.119 e. The maximum absolute atomic E-state index is 8.14. The van der Waals surface area contributed by atoms with E-state index in [-0.39, 0.29) is 17.3 Å². The predicted octanol–water partition coefficient (Wildman–Crippen LogP) is 0.905. The topological polar surface area (TPSA) is 65.2 Å². The standard InChI is InChI=1S/C4H7ClN2O2/c1-3(6-8)4(2-5)7-9/h8-9H,2H2,1H3/b6-3-,7-4-. The monoisotopic (exact) mass is 150 g/mol. The fraction of sp³-hybridized carbons (Fsp3) is 0.500. The van der Waals surface area contributed by atoms with Crippen molar-refractivity contribution >= 4 is 23.0 Å². The van der Waals surface area contributed by atoms with Crippen LogP contribution in [0, 0.1) is 0 Å². The third-order valence-electron chi connectivity index (χ3n) is 0.815. The second-order valence-electron chi connectivity index (χ2n) is 1.37. The average Bonchev–Trinajstić information content (AvgIpc) is 1.90. The first-order valence-electron chi connectivity index (χ1n) is 2.22. The lowest BCUT2D eigenvalue weighted by Gasteiger charge is -1.93. The highest BCUT2D eigenvalue weighted by Gasteiger charge is 2.01. The van der Waals surface area contributed by atoms with Crippen LogP contribution in [0.3, 0.4) is 0 Å². The van der Waals surface area contributed by atoms with Gasteiger partial charge in [0.1, 0.15) is 11.4 Å². The molecule has 2 N–H and O–H groups in total. The normalized spacial score (nSPS) is 14.0. The molecule has 0 aromatic rings. The molecule has 0 saturated carbocycles. The minimum Gasteiger partial charge on any atom is -0.411 e. The van der Waals surface area contributed by atoms with Crippen molar-refractivity contribution in [1.82, 2.24) is 0 Å². The number of oxime groups is 2. The predicted molar refractivity (Wildman–Crippen MR) is 34.8 cm³/mol. The van der Waals surface area contributed by atoms with Gasteiger partial charge in [0.05, 0.1) is 5.88 Å². The number of hydrogen-bond acceptors (Lipinski definition) is 4. The summed E-state index contributed by atoms with van der Waals surface area (Å²) in [5.74, 6) is 0.0341. The van der Waals surface area contributed by atoms with Gasteiger partial charge in [0.25, 0.3) is 0 Å². The average molecular weight is 151 g/mol. The summed E-state index contributed by atoms with van der Waals surface area (Å²) >= 11 is 5.26. The van der Waals surface area contributed by atoms with Crippen molar-refractivity contribution < 1.29 is 10.4 Å². The Bertz CT molecular complexity index is 144. The fourth-order valence-electron chi connectivity index (χ4n) is 0.253. The highest BCUT2D eigenvalue weighted by molar-refractivity contribution is 6.50. The van der Waals surface area contributed by atoms with Gasteiger partial charge in [-0.15, -0.1) is 11.6 Å². The number of alkyl halides is 1. The van der Waals surface area contributed by atoms with Crippen molar-refractivity contribution in [3.63, 3.8) is 0 Å². The Kier molecular flexibility index (Phi) is 3.79. The highest BCUT2D eigenvalue weighted by Crippen LogP contribution is 1.86. The second-order valence-corrected chi connectivity index (χ2v) is 1.63. The van der Waals surface area contributed by atoms with E-state index >= 15 is 0 Å². The smallest absolute Gasteiger partial charge is 0.119 e. The molecule has 52 valence electrons. The molecule has 0 spiro atoms. The lowest BCUT2D eigenvalue weighted by Crippen LogP contribution is -2.11. The van der Waals surface area contributed by atoms with Gasteiger partial charge in [-0.1, -0.05) is 10.3 Å². The minimum atomic E-state index is 0.0341. The molecule has 0 radical (unpaired) electrons. The first kappa shape index (κ1) is 8.23. The molecule has 0 rings (SSSR count). The van der Waals surface area contributed by atoms with Gasteiger partial charge in [-0.25, -0.2) is 0 Å². The van der Waals surface area contributed by atoms with Crippen molar-refractivity contribution in [2.24, 2.45) is 10.3 Å². The zero-order chi connectivity index (χ0) is 7.28. The maximum atomic E-state index is 8.14. The van der Waals surface area contributed by atoms with Crippen LogP contribution in [0.2, 0.25) is 0 Å². The van der Waals surface area contributed by atoms with Crippen LogP contribution in [-0.4, -0.2) is 27.7 Å². The zero-order valence-electron chi connectivity index (χ0n) is 4.87. The Labute approximate surface area is 57.4 Å². The van der Waals surface area contributed by atoms with Gasteiger partial charge < -0.3 is 10.4 Å². The summed E-state index contributed by atoms with van der Waals surface area (Å²) in [7, 11) is 0. The fourth-order valence-corrected chi connectivity index (χ4v) is 0.500. The number of rotatable bonds is 2. The van der Waals surface area contributed by atoms with Gasteiger partial charge >= 0.3 is 0 Å². The Morgan fingerprint density at radius 1 is 1.44 bits per heavy atom. The third kappa shape index (κ3) is 2.32. The van der Waals surface area contributed by atoms with Crippen LogP contribution in [0.25, 0.3) is 0 Å². The SMILES string of the molecule is CC(=N/O)/C(CCl)=N\O. The molecule has 0 aliphatic rings. The van der Waals surface area contributed by atoms with E-state index in [0.717, 1.165) is 0 Å². The van der Waals surface area contributed by atoms with Crippen LogP contribution < -0.4 is 0 Å². The van der Waals surface area contributed by atoms with Gasteiger partial charge in [0.15, 0.2) is 0 Å². The summed E-state index contributed by atoms with van der Waals surface area (Å²) in [6, 6.07) is 0. The first-order valence-corrected chi connectivity index (χ1v) is 2.75. The van der Waals surface area contributed by atoms with E-state index < -0.39 is 0 Å². The molecule has 0 heterocycles. The molecule has 0 bridgehead atoms. The molecule has 5 heteroatoms. The molecule has 0 fully saturated rings. The number of halogens is 1. The van der Waals surface area contributed by atoms with Crippen molar-refractivity contribution in [2.75, 3.05) is 5.88 Å². The van der Waals surface area contributed by atoms with E-state index in [1.807, 2.05) is 0 Å². The minimum absolute atomic E-state index is 0.0341. The zero-order valence-corrected chi connectivity index (χ0v) is 5.63. The van der Waals surface area contributed by atoms with E-state index in [4.69, 9.17) is 22.0 Å². The number of nitrogens with zero attached hydrogens (tertiary/aromatic N) is 2. The quantitative estimate of drug-likeness (QED) is 0.266. The van der Waals surface area contributed by atoms with E-state index in [9.17, 15) is 0 Å². The van der Waals surface area contributed by atoms with Gasteiger partial charge in [-0.3, -0.25) is 0 Å². The van der Waals surface area contributed by atoms with Crippen LogP contribution in [0.15, 0.2) is 10.3 Å². The lowest BCUT2D eigenvalue weighted by molar-refractivity contribution is 0.314. The van der Waals surface area contributed by atoms with Gasteiger partial charge in [-0.2, -0.15) is 0 Å². The number of hydrogen-bond donors (Lipinski definition) is 2. The van der Waals surface area contributed by atoms with Gasteiger partial charge in [0.2, 0.25) is 0 Å². The van der Waals surface area contributed by atoms with Crippen molar-refractivity contribution in [2.45, 2.75) is 6.92 Å². The summed E-state index contributed by atoms with van der Waals surface area (Å²) in [6.07, 6.45) is 0. The van der Waals surface area contributed by atoms with Gasteiger partial charge in [0, 0.05) is 0 Å². The summed E-state index contributed by atoms with van der Waals surface area (Å²) in [5, 5.41) is 21.8. The summed E-state index contributed by atoms with van der Waals surface area (Å²) in [6.45, 7) is 1.48. The Hall–Kier alpha value is -0.770. The molecule has 0 aromatic carbocycles.